The fourth-order valence-corrected chi connectivity index (χ4v) is 3.77. The first kappa shape index (κ1) is 19.3. The number of para-hydroxylation sites is 1. The molecule has 1 aliphatic heterocycles. The molecule has 1 aromatic heterocycles. The number of rotatable bonds is 9. The van der Waals surface area contributed by atoms with Gasteiger partial charge in [-0.25, -0.2) is 4.90 Å². The summed E-state index contributed by atoms with van der Waals surface area (Å²) in [5, 5.41) is 1.90. The molecule has 0 aliphatic carbocycles. The van der Waals surface area contributed by atoms with Crippen molar-refractivity contribution in [2.75, 3.05) is 45.4 Å². The van der Waals surface area contributed by atoms with E-state index in [0.29, 0.717) is 43.3 Å². The third-order valence-electron chi connectivity index (χ3n) is 4.29. The lowest BCUT2D eigenvalue weighted by molar-refractivity contribution is -0.120. The van der Waals surface area contributed by atoms with Crippen LogP contribution in [-0.2, 0) is 19.1 Å². The van der Waals surface area contributed by atoms with Gasteiger partial charge in [0.2, 0.25) is 0 Å². The minimum absolute atomic E-state index is 0.302. The molecule has 0 bridgehead atoms. The van der Waals surface area contributed by atoms with Crippen molar-refractivity contribution in [2.24, 2.45) is 0 Å². The average molecular weight is 386 g/mol. The van der Waals surface area contributed by atoms with Crippen LogP contribution in [0.15, 0.2) is 53.5 Å². The summed E-state index contributed by atoms with van der Waals surface area (Å²) in [5.41, 5.74) is 1.40. The fraction of sp³-hybridized carbons (Fsp3) is 0.300. The number of carbonyl (C=O) groups excluding carboxylic acids is 2. The molecule has 1 aromatic carbocycles. The van der Waals surface area contributed by atoms with Crippen molar-refractivity contribution in [3.63, 3.8) is 0 Å². The summed E-state index contributed by atoms with van der Waals surface area (Å²) in [6, 6.07) is 12.7. The van der Waals surface area contributed by atoms with Crippen molar-refractivity contribution in [3.05, 3.63) is 58.4 Å². The van der Waals surface area contributed by atoms with Crippen LogP contribution < -0.4 is 4.90 Å². The van der Waals surface area contributed by atoms with Gasteiger partial charge in [0.25, 0.3) is 11.8 Å². The maximum atomic E-state index is 13.3. The fourth-order valence-electron chi connectivity index (χ4n) is 3.00. The van der Waals surface area contributed by atoms with Gasteiger partial charge in [-0.05, 0) is 23.6 Å². The van der Waals surface area contributed by atoms with Gasteiger partial charge in [-0.3, -0.25) is 9.59 Å². The van der Waals surface area contributed by atoms with Crippen LogP contribution in [0, 0.1) is 0 Å². The van der Waals surface area contributed by atoms with E-state index in [4.69, 9.17) is 9.47 Å². The van der Waals surface area contributed by atoms with Crippen molar-refractivity contribution < 1.29 is 19.1 Å². The number of amides is 2. The summed E-state index contributed by atoms with van der Waals surface area (Å²) >= 11 is 1.45. The third-order valence-corrected chi connectivity index (χ3v) is 5.18. The SMILES string of the molecule is COCCN(CCOC)C1=C(c2cccs2)C(=O)N(c2ccccc2)C1=O. The highest BCUT2D eigenvalue weighted by Crippen LogP contribution is 2.36. The van der Waals surface area contributed by atoms with E-state index in [1.165, 1.54) is 16.2 Å². The van der Waals surface area contributed by atoms with E-state index in [9.17, 15) is 9.59 Å². The van der Waals surface area contributed by atoms with Crippen LogP contribution in [0.25, 0.3) is 5.57 Å². The van der Waals surface area contributed by atoms with Crippen molar-refractivity contribution in [1.29, 1.82) is 0 Å². The molecule has 0 saturated heterocycles. The Morgan fingerprint density at radius 1 is 0.926 bits per heavy atom. The Balaban J connectivity index is 2.06. The summed E-state index contributed by atoms with van der Waals surface area (Å²) < 4.78 is 10.4. The maximum absolute atomic E-state index is 13.3. The van der Waals surface area contributed by atoms with E-state index in [1.54, 1.807) is 26.4 Å². The van der Waals surface area contributed by atoms with Gasteiger partial charge in [0.05, 0.1) is 24.5 Å². The number of nitrogens with zero attached hydrogens (tertiary/aromatic N) is 2. The second kappa shape index (κ2) is 8.94. The first-order chi connectivity index (χ1) is 13.2. The number of benzene rings is 1. The molecule has 2 aromatic rings. The van der Waals surface area contributed by atoms with Crippen LogP contribution in [0.5, 0.6) is 0 Å². The van der Waals surface area contributed by atoms with Gasteiger partial charge in [0, 0.05) is 32.2 Å². The zero-order valence-corrected chi connectivity index (χ0v) is 16.2. The van der Waals surface area contributed by atoms with Gasteiger partial charge in [-0.1, -0.05) is 24.3 Å². The van der Waals surface area contributed by atoms with E-state index in [-0.39, 0.29) is 11.8 Å². The van der Waals surface area contributed by atoms with E-state index in [2.05, 4.69) is 0 Å². The zero-order valence-electron chi connectivity index (χ0n) is 15.4. The summed E-state index contributed by atoms with van der Waals surface area (Å²) in [7, 11) is 3.22. The normalized spacial score (nSPS) is 14.4. The molecule has 2 heterocycles. The number of carbonyl (C=O) groups is 2. The van der Waals surface area contributed by atoms with Crippen molar-refractivity contribution in [3.8, 4) is 0 Å². The molecule has 0 radical (unpaired) electrons. The van der Waals surface area contributed by atoms with Gasteiger partial charge in [-0.2, -0.15) is 0 Å². The van der Waals surface area contributed by atoms with Crippen LogP contribution >= 0.6 is 11.3 Å². The second-order valence-corrected chi connectivity index (χ2v) is 6.90. The van der Waals surface area contributed by atoms with Crippen LogP contribution in [0.4, 0.5) is 5.69 Å². The number of thiophene rings is 1. The predicted molar refractivity (Wildman–Crippen MR) is 105 cm³/mol. The van der Waals surface area contributed by atoms with Crippen LogP contribution in [0.3, 0.4) is 0 Å². The third kappa shape index (κ3) is 3.95. The lowest BCUT2D eigenvalue weighted by Crippen LogP contribution is -2.37. The molecule has 0 fully saturated rings. The highest BCUT2D eigenvalue weighted by atomic mass is 32.1. The molecular weight excluding hydrogens is 364 g/mol. The number of ether oxygens (including phenoxy) is 2. The molecule has 2 amide bonds. The Morgan fingerprint density at radius 2 is 1.59 bits per heavy atom. The molecule has 142 valence electrons. The van der Waals surface area contributed by atoms with Crippen LogP contribution in [0.2, 0.25) is 0 Å². The van der Waals surface area contributed by atoms with Gasteiger partial charge in [0.15, 0.2) is 0 Å². The number of hydrogen-bond acceptors (Lipinski definition) is 6. The quantitative estimate of drug-likeness (QED) is 0.620. The van der Waals surface area contributed by atoms with Gasteiger partial charge >= 0.3 is 0 Å². The number of methoxy groups -OCH3 is 2. The number of anilines is 1. The summed E-state index contributed by atoms with van der Waals surface area (Å²) in [4.78, 5) is 30.5. The monoisotopic (exact) mass is 386 g/mol. The number of imide groups is 1. The highest BCUT2D eigenvalue weighted by molar-refractivity contribution is 7.11. The van der Waals surface area contributed by atoms with E-state index < -0.39 is 0 Å². The van der Waals surface area contributed by atoms with E-state index in [1.807, 2.05) is 40.6 Å². The summed E-state index contributed by atoms with van der Waals surface area (Å²) in [6.07, 6.45) is 0. The van der Waals surface area contributed by atoms with E-state index in [0.717, 1.165) is 4.88 Å². The average Bonchev–Trinajstić information content (AvgIpc) is 3.29. The molecule has 7 heteroatoms. The number of hydrogen-bond donors (Lipinski definition) is 0. The first-order valence-electron chi connectivity index (χ1n) is 8.63. The highest BCUT2D eigenvalue weighted by Gasteiger charge is 2.42. The Kier molecular flexibility index (Phi) is 6.39. The van der Waals surface area contributed by atoms with Crippen molar-refractivity contribution in [2.45, 2.75) is 0 Å². The molecular formula is C20H22N2O4S. The summed E-state index contributed by atoms with van der Waals surface area (Å²) in [5.74, 6) is -0.620. The molecule has 3 rings (SSSR count). The largest absolute Gasteiger partial charge is 0.383 e. The molecule has 27 heavy (non-hydrogen) atoms. The topological polar surface area (TPSA) is 59.1 Å². The molecule has 1 aliphatic rings. The van der Waals surface area contributed by atoms with Crippen LogP contribution in [0.1, 0.15) is 4.88 Å². The standard InChI is InChI=1S/C20H22N2O4S/c1-25-12-10-21(11-13-26-2)18-17(16-9-6-14-27-16)19(23)22(20(18)24)15-7-4-3-5-8-15/h3-9,14H,10-13H2,1-2H3. The Bertz CT molecular complexity index is 810. The predicted octanol–water partition coefficient (Wildman–Crippen LogP) is 2.63. The Labute approximate surface area is 162 Å². The van der Waals surface area contributed by atoms with E-state index >= 15 is 0 Å². The van der Waals surface area contributed by atoms with Gasteiger partial charge < -0.3 is 14.4 Å². The molecule has 0 unspecified atom stereocenters. The van der Waals surface area contributed by atoms with Crippen molar-refractivity contribution in [1.82, 2.24) is 4.90 Å². The Hall–Kier alpha value is -2.48. The summed E-state index contributed by atoms with van der Waals surface area (Å²) in [6.45, 7) is 1.87. The Morgan fingerprint density at radius 3 is 2.15 bits per heavy atom. The van der Waals surface area contributed by atoms with Crippen molar-refractivity contribution >= 4 is 34.4 Å². The van der Waals surface area contributed by atoms with Gasteiger partial charge in [-0.15, -0.1) is 11.3 Å². The molecule has 0 spiro atoms. The molecule has 0 atom stereocenters. The van der Waals surface area contributed by atoms with Gasteiger partial charge in [0.1, 0.15) is 5.70 Å². The molecule has 0 saturated carbocycles. The molecule has 0 N–H and O–H groups in total. The first-order valence-corrected chi connectivity index (χ1v) is 9.51. The smallest absolute Gasteiger partial charge is 0.282 e. The lowest BCUT2D eigenvalue weighted by atomic mass is 10.1. The minimum atomic E-state index is -0.318. The zero-order chi connectivity index (χ0) is 19.2. The lowest BCUT2D eigenvalue weighted by Gasteiger charge is -2.25. The minimum Gasteiger partial charge on any atom is -0.383 e. The molecule has 6 nitrogen and oxygen atoms in total. The van der Waals surface area contributed by atoms with Crippen LogP contribution in [-0.4, -0.2) is 57.2 Å². The second-order valence-electron chi connectivity index (χ2n) is 5.95. The maximum Gasteiger partial charge on any atom is 0.282 e.